The molecule has 3 heteroatoms. The lowest BCUT2D eigenvalue weighted by molar-refractivity contribution is 0.00897. The maximum absolute atomic E-state index is 6.09. The fraction of sp³-hybridized carbons (Fsp3) is 0.600. The first-order valence-corrected chi connectivity index (χ1v) is 6.73. The van der Waals surface area contributed by atoms with Gasteiger partial charge in [-0.3, -0.25) is 0 Å². The third-order valence-electron chi connectivity index (χ3n) is 4.17. The van der Waals surface area contributed by atoms with Crippen LogP contribution in [0.15, 0.2) is 24.3 Å². The highest BCUT2D eigenvalue weighted by Gasteiger charge is 2.33. The fourth-order valence-corrected chi connectivity index (χ4v) is 3.12. The highest BCUT2D eigenvalue weighted by Crippen LogP contribution is 2.29. The largest absolute Gasteiger partial charge is 0.373 e. The van der Waals surface area contributed by atoms with Crippen LogP contribution in [0.4, 0.5) is 0 Å². The van der Waals surface area contributed by atoms with E-state index in [-0.39, 0.29) is 12.4 Å². The fourth-order valence-electron chi connectivity index (χ4n) is 3.12. The maximum atomic E-state index is 6.09. The van der Waals surface area contributed by atoms with Crippen molar-refractivity contribution in [3.05, 3.63) is 35.4 Å². The highest BCUT2D eigenvalue weighted by atomic mass is 35.5. The Morgan fingerprint density at radius 1 is 1.17 bits per heavy atom. The Labute approximate surface area is 116 Å². The first-order valence-electron chi connectivity index (χ1n) is 6.73. The van der Waals surface area contributed by atoms with E-state index in [1.54, 1.807) is 0 Å². The second kappa shape index (κ2) is 6.05. The Balaban J connectivity index is 0.00000120. The van der Waals surface area contributed by atoms with Crippen molar-refractivity contribution in [3.8, 4) is 0 Å². The van der Waals surface area contributed by atoms with Crippen molar-refractivity contribution in [2.45, 2.75) is 57.4 Å². The summed E-state index contributed by atoms with van der Waals surface area (Å²) in [5, 5.41) is 3.65. The lowest BCUT2D eigenvalue weighted by atomic mass is 10.0. The predicted molar refractivity (Wildman–Crippen MR) is 76.2 cm³/mol. The van der Waals surface area contributed by atoms with Crippen molar-refractivity contribution >= 4 is 12.4 Å². The predicted octanol–water partition coefficient (Wildman–Crippen LogP) is 3.22. The Hall–Kier alpha value is -0.570. The molecule has 1 N–H and O–H groups in total. The van der Waals surface area contributed by atoms with Crippen molar-refractivity contribution in [3.63, 3.8) is 0 Å². The zero-order valence-electron chi connectivity index (χ0n) is 10.9. The van der Waals surface area contributed by atoms with E-state index in [2.05, 4.69) is 36.5 Å². The molecule has 2 fully saturated rings. The summed E-state index contributed by atoms with van der Waals surface area (Å²) in [5.41, 5.74) is 2.67. The van der Waals surface area contributed by atoms with E-state index in [0.717, 1.165) is 18.7 Å². The summed E-state index contributed by atoms with van der Waals surface area (Å²) < 4.78 is 6.09. The van der Waals surface area contributed by atoms with Gasteiger partial charge in [-0.05, 0) is 43.7 Å². The number of rotatable bonds is 3. The number of hydrogen-bond donors (Lipinski definition) is 1. The first-order chi connectivity index (χ1) is 8.31. The maximum Gasteiger partial charge on any atom is 0.0723 e. The van der Waals surface area contributed by atoms with Gasteiger partial charge in [0.05, 0.1) is 12.7 Å². The molecule has 2 unspecified atom stereocenters. The molecule has 3 rings (SSSR count). The molecule has 0 saturated carbocycles. The molecule has 1 aromatic rings. The monoisotopic (exact) mass is 267 g/mol. The van der Waals surface area contributed by atoms with E-state index >= 15 is 0 Å². The van der Waals surface area contributed by atoms with Gasteiger partial charge in [0.25, 0.3) is 0 Å². The molecule has 0 radical (unpaired) electrons. The first kappa shape index (κ1) is 13.9. The summed E-state index contributed by atoms with van der Waals surface area (Å²) in [5.74, 6) is 0. The molecule has 2 aliphatic rings. The minimum atomic E-state index is 0. The second-order valence-electron chi connectivity index (χ2n) is 5.47. The van der Waals surface area contributed by atoms with Gasteiger partial charge >= 0.3 is 0 Å². The molecule has 0 amide bonds. The van der Waals surface area contributed by atoms with Crippen LogP contribution in [-0.4, -0.2) is 18.2 Å². The summed E-state index contributed by atoms with van der Waals surface area (Å²) in [4.78, 5) is 0. The zero-order valence-corrected chi connectivity index (χ0v) is 11.7. The average Bonchev–Trinajstić information content (AvgIpc) is 2.68. The van der Waals surface area contributed by atoms with Crippen LogP contribution in [-0.2, 0) is 11.3 Å². The second-order valence-corrected chi connectivity index (χ2v) is 5.47. The molecule has 2 atom stereocenters. The van der Waals surface area contributed by atoms with E-state index < -0.39 is 0 Å². The molecule has 0 aromatic heterocycles. The quantitative estimate of drug-likeness (QED) is 0.908. The number of hydrogen-bond acceptors (Lipinski definition) is 2. The minimum absolute atomic E-state index is 0. The van der Waals surface area contributed by atoms with Gasteiger partial charge in [0.1, 0.15) is 0 Å². The van der Waals surface area contributed by atoms with Gasteiger partial charge in [-0.15, -0.1) is 12.4 Å². The summed E-state index contributed by atoms with van der Waals surface area (Å²) >= 11 is 0. The van der Waals surface area contributed by atoms with Crippen LogP contribution in [0.1, 0.15) is 36.8 Å². The number of benzene rings is 1. The summed E-state index contributed by atoms with van der Waals surface area (Å²) in [6, 6.07) is 9.95. The third-order valence-corrected chi connectivity index (χ3v) is 4.17. The van der Waals surface area contributed by atoms with E-state index in [4.69, 9.17) is 4.74 Å². The Morgan fingerprint density at radius 3 is 2.50 bits per heavy atom. The Morgan fingerprint density at radius 2 is 1.83 bits per heavy atom. The smallest absolute Gasteiger partial charge is 0.0723 e. The minimum Gasteiger partial charge on any atom is -0.373 e. The number of halogens is 1. The van der Waals surface area contributed by atoms with Crippen LogP contribution in [0.25, 0.3) is 0 Å². The Bertz CT molecular complexity index is 384. The van der Waals surface area contributed by atoms with Gasteiger partial charge in [-0.2, -0.15) is 0 Å². The zero-order chi connectivity index (χ0) is 11.7. The topological polar surface area (TPSA) is 21.3 Å². The van der Waals surface area contributed by atoms with Gasteiger partial charge < -0.3 is 10.1 Å². The van der Waals surface area contributed by atoms with E-state index in [1.165, 1.54) is 36.8 Å². The summed E-state index contributed by atoms with van der Waals surface area (Å²) in [6.07, 6.45) is 5.54. The van der Waals surface area contributed by atoms with Crippen LogP contribution in [0.3, 0.4) is 0 Å². The number of fused-ring (bicyclic) bond motifs is 2. The molecule has 100 valence electrons. The summed E-state index contributed by atoms with van der Waals surface area (Å²) in [6.45, 7) is 2.93. The van der Waals surface area contributed by atoms with Gasteiger partial charge in [0, 0.05) is 12.1 Å². The van der Waals surface area contributed by atoms with Crippen LogP contribution in [0, 0.1) is 6.92 Å². The van der Waals surface area contributed by atoms with Crippen molar-refractivity contribution in [1.82, 2.24) is 5.32 Å². The van der Waals surface area contributed by atoms with Crippen LogP contribution in [0.2, 0.25) is 0 Å². The molecule has 18 heavy (non-hydrogen) atoms. The molecule has 2 bridgehead atoms. The van der Waals surface area contributed by atoms with Crippen LogP contribution < -0.4 is 5.32 Å². The molecule has 2 nitrogen and oxygen atoms in total. The molecule has 0 spiro atoms. The molecule has 0 aliphatic carbocycles. The molecule has 2 heterocycles. The van der Waals surface area contributed by atoms with Gasteiger partial charge in [0.15, 0.2) is 0 Å². The van der Waals surface area contributed by atoms with Crippen molar-refractivity contribution < 1.29 is 4.74 Å². The van der Waals surface area contributed by atoms with Crippen LogP contribution in [0.5, 0.6) is 0 Å². The number of piperidine rings is 1. The van der Waals surface area contributed by atoms with Crippen LogP contribution >= 0.6 is 12.4 Å². The third kappa shape index (κ3) is 3.05. The number of nitrogens with one attached hydrogen (secondary N) is 1. The van der Waals surface area contributed by atoms with E-state index in [9.17, 15) is 0 Å². The Kier molecular flexibility index (Phi) is 4.66. The van der Waals surface area contributed by atoms with Crippen molar-refractivity contribution in [2.75, 3.05) is 0 Å². The van der Waals surface area contributed by atoms with Gasteiger partial charge in [-0.25, -0.2) is 0 Å². The normalized spacial score (nSPS) is 29.9. The van der Waals surface area contributed by atoms with Gasteiger partial charge in [-0.1, -0.05) is 24.3 Å². The lowest BCUT2D eigenvalue weighted by Gasteiger charge is -2.29. The molecular weight excluding hydrogens is 246 g/mol. The lowest BCUT2D eigenvalue weighted by Crippen LogP contribution is -2.41. The summed E-state index contributed by atoms with van der Waals surface area (Å²) in [7, 11) is 0. The number of ether oxygens (including phenoxy) is 1. The van der Waals surface area contributed by atoms with E-state index in [0.29, 0.717) is 6.10 Å². The molecule has 2 saturated heterocycles. The van der Waals surface area contributed by atoms with Crippen molar-refractivity contribution in [2.24, 2.45) is 0 Å². The van der Waals surface area contributed by atoms with Crippen molar-refractivity contribution in [1.29, 1.82) is 0 Å². The SMILES string of the molecule is Cc1ccccc1COC1CC2CCC(C1)N2.Cl. The van der Waals surface area contributed by atoms with Gasteiger partial charge in [0.2, 0.25) is 0 Å². The van der Waals surface area contributed by atoms with E-state index in [1.807, 2.05) is 0 Å². The molecular formula is C15H22ClNO. The number of aryl methyl sites for hydroxylation is 1. The molecule has 1 aromatic carbocycles. The standard InChI is InChI=1S/C15H21NO.ClH/c1-11-4-2-3-5-12(11)10-17-15-8-13-6-7-14(9-15)16-13;/h2-5,13-16H,6-10H2,1H3;1H. The molecule has 2 aliphatic heterocycles. The highest BCUT2D eigenvalue weighted by molar-refractivity contribution is 5.85. The average molecular weight is 268 g/mol.